The van der Waals surface area contributed by atoms with Gasteiger partial charge < -0.3 is 28.5 Å². The lowest BCUT2D eigenvalue weighted by atomic mass is 10.2. The number of aromatic nitrogens is 2. The first-order valence-electron chi connectivity index (χ1n) is 9.21. The summed E-state index contributed by atoms with van der Waals surface area (Å²) in [6.07, 6.45) is 0. The number of para-hydroxylation sites is 1. The third-order valence-corrected chi connectivity index (χ3v) is 6.36. The van der Waals surface area contributed by atoms with E-state index in [4.69, 9.17) is 16.6 Å². The molecule has 0 amide bonds. The molecule has 0 atom stereocenters. The van der Waals surface area contributed by atoms with E-state index < -0.39 is 0 Å². The average Bonchev–Trinajstić information content (AvgIpc) is 2.68. The molecule has 3 rings (SSSR count). The monoisotopic (exact) mass is 529 g/mol. The van der Waals surface area contributed by atoms with E-state index in [1.54, 1.807) is 34.5 Å². The molecule has 150 valence electrons. The van der Waals surface area contributed by atoms with Crippen LogP contribution in [0.5, 0.6) is 0 Å². The predicted octanol–water partition coefficient (Wildman–Crippen LogP) is 1.62. The third-order valence-electron chi connectivity index (χ3n) is 5.20. The predicted molar refractivity (Wildman–Crippen MR) is 115 cm³/mol. The fraction of sp³-hybridized carbons (Fsp3) is 0.333. The zero-order valence-electron chi connectivity index (χ0n) is 16.4. The number of halogens is 2. The van der Waals surface area contributed by atoms with Gasteiger partial charge in [-0.1, -0.05) is 41.6 Å². The van der Waals surface area contributed by atoms with Gasteiger partial charge in [-0.2, -0.15) is 0 Å². The summed E-state index contributed by atoms with van der Waals surface area (Å²) in [6.45, 7) is 7.62. The van der Waals surface area contributed by atoms with Crippen LogP contribution in [-0.4, -0.2) is 46.5 Å². The third kappa shape index (κ3) is 5.09. The maximum Gasteiger partial charge on any atom is 0.266 e. The summed E-state index contributed by atoms with van der Waals surface area (Å²) in [7, 11) is 2.26. The van der Waals surface area contributed by atoms with E-state index in [-0.39, 0.29) is 29.5 Å². The molecular formula is C21H25ClIN3OS. The fourth-order valence-corrected chi connectivity index (χ4v) is 4.30. The Morgan fingerprint density at radius 1 is 1.11 bits per heavy atom. The Kier molecular flexibility index (Phi) is 8.36. The molecule has 0 aliphatic heterocycles. The number of quaternary nitrogens is 1. The second-order valence-electron chi connectivity index (χ2n) is 6.86. The quantitative estimate of drug-likeness (QED) is 0.202. The van der Waals surface area contributed by atoms with Gasteiger partial charge in [0.15, 0.2) is 5.16 Å². The Morgan fingerprint density at radius 2 is 1.79 bits per heavy atom. The van der Waals surface area contributed by atoms with Crippen LogP contribution in [0.15, 0.2) is 58.5 Å². The van der Waals surface area contributed by atoms with Crippen LogP contribution in [-0.2, 0) is 0 Å². The molecule has 4 nitrogen and oxygen atoms in total. The maximum absolute atomic E-state index is 13.2. The summed E-state index contributed by atoms with van der Waals surface area (Å²) in [6, 6.07) is 14.9. The lowest BCUT2D eigenvalue weighted by Gasteiger charge is -2.31. The molecule has 3 aromatic rings. The van der Waals surface area contributed by atoms with Gasteiger partial charge in [0.05, 0.1) is 49.0 Å². The van der Waals surface area contributed by atoms with Crippen molar-refractivity contribution < 1.29 is 28.5 Å². The second-order valence-corrected chi connectivity index (χ2v) is 8.35. The molecule has 0 aliphatic rings. The summed E-state index contributed by atoms with van der Waals surface area (Å²) < 4.78 is 2.71. The van der Waals surface area contributed by atoms with Gasteiger partial charge in [0.1, 0.15) is 0 Å². The number of rotatable bonds is 7. The minimum atomic E-state index is -0.0615. The molecule has 1 heterocycles. The Labute approximate surface area is 192 Å². The van der Waals surface area contributed by atoms with Crippen LogP contribution in [0.25, 0.3) is 16.6 Å². The number of hydrogen-bond donors (Lipinski definition) is 0. The Hall–Kier alpha value is -1.09. The molecular weight excluding hydrogens is 505 g/mol. The molecule has 0 N–H and O–H groups in total. The van der Waals surface area contributed by atoms with Gasteiger partial charge in [0, 0.05) is 5.02 Å². The highest BCUT2D eigenvalue weighted by molar-refractivity contribution is 7.99. The second kappa shape index (κ2) is 10.1. The van der Waals surface area contributed by atoms with Crippen LogP contribution in [0.4, 0.5) is 0 Å². The zero-order valence-corrected chi connectivity index (χ0v) is 20.1. The lowest BCUT2D eigenvalue weighted by Crippen LogP contribution is -3.00. The molecule has 0 radical (unpaired) electrons. The number of fused-ring (bicyclic) bond motifs is 1. The minimum absolute atomic E-state index is 0. The summed E-state index contributed by atoms with van der Waals surface area (Å²) in [5.41, 5.74) is 1.41. The van der Waals surface area contributed by atoms with Crippen LogP contribution in [0.1, 0.15) is 13.8 Å². The van der Waals surface area contributed by atoms with Crippen LogP contribution in [0.3, 0.4) is 0 Å². The SMILES string of the molecule is CC[N+](C)(CC)CCSc1nc2cc(Cl)ccc2c(=O)n1-c1ccccc1.[I-]. The van der Waals surface area contributed by atoms with Crippen molar-refractivity contribution in [2.75, 3.05) is 32.4 Å². The van der Waals surface area contributed by atoms with Gasteiger partial charge in [-0.25, -0.2) is 4.98 Å². The van der Waals surface area contributed by atoms with Gasteiger partial charge in [-0.3, -0.25) is 9.36 Å². The molecule has 7 heteroatoms. The summed E-state index contributed by atoms with van der Waals surface area (Å²) in [5, 5.41) is 1.87. The van der Waals surface area contributed by atoms with E-state index in [0.29, 0.717) is 21.1 Å². The number of hydrogen-bond acceptors (Lipinski definition) is 3. The van der Waals surface area contributed by atoms with Crippen molar-refractivity contribution in [1.29, 1.82) is 0 Å². The molecule has 28 heavy (non-hydrogen) atoms. The first-order valence-corrected chi connectivity index (χ1v) is 10.6. The number of thioether (sulfide) groups is 1. The Balaban J connectivity index is 0.00000280. The van der Waals surface area contributed by atoms with E-state index in [0.717, 1.165) is 35.6 Å². The normalized spacial score (nSPS) is 11.4. The summed E-state index contributed by atoms with van der Waals surface area (Å²) in [4.78, 5) is 18.0. The van der Waals surface area contributed by atoms with Crippen LogP contribution >= 0.6 is 23.4 Å². The Morgan fingerprint density at radius 3 is 2.43 bits per heavy atom. The van der Waals surface area contributed by atoms with Crippen molar-refractivity contribution in [3.05, 3.63) is 63.9 Å². The smallest absolute Gasteiger partial charge is 0.266 e. The van der Waals surface area contributed by atoms with E-state index in [2.05, 4.69) is 20.9 Å². The van der Waals surface area contributed by atoms with Crippen molar-refractivity contribution in [2.24, 2.45) is 0 Å². The van der Waals surface area contributed by atoms with Crippen molar-refractivity contribution in [1.82, 2.24) is 9.55 Å². The molecule has 0 spiro atoms. The lowest BCUT2D eigenvalue weighted by molar-refractivity contribution is -0.903. The van der Waals surface area contributed by atoms with Crippen LogP contribution in [0, 0.1) is 0 Å². The highest BCUT2D eigenvalue weighted by atomic mass is 127. The topological polar surface area (TPSA) is 34.9 Å². The van der Waals surface area contributed by atoms with Gasteiger partial charge in [0.2, 0.25) is 0 Å². The first kappa shape index (κ1) is 23.2. The first-order chi connectivity index (χ1) is 13.0. The van der Waals surface area contributed by atoms with E-state index in [1.165, 1.54) is 0 Å². The maximum atomic E-state index is 13.2. The summed E-state index contributed by atoms with van der Waals surface area (Å²) in [5.74, 6) is 0.892. The standard InChI is InChI=1S/C21H25ClN3OS.HI/c1-4-25(3,5-2)13-14-27-21-23-19-15-16(22)11-12-18(19)20(26)24(21)17-9-7-6-8-10-17;/h6-12,15H,4-5,13-14H2,1-3H3;1H/q+1;/p-1. The molecule has 0 bridgehead atoms. The molecule has 2 aromatic carbocycles. The molecule has 0 unspecified atom stereocenters. The van der Waals surface area contributed by atoms with Crippen LogP contribution < -0.4 is 29.5 Å². The van der Waals surface area contributed by atoms with Gasteiger partial charge in [-0.05, 0) is 44.2 Å². The number of nitrogens with zero attached hydrogens (tertiary/aromatic N) is 3. The van der Waals surface area contributed by atoms with Gasteiger partial charge >= 0.3 is 0 Å². The number of benzene rings is 2. The highest BCUT2D eigenvalue weighted by Gasteiger charge is 2.18. The van der Waals surface area contributed by atoms with E-state index in [9.17, 15) is 4.79 Å². The highest BCUT2D eigenvalue weighted by Crippen LogP contribution is 2.23. The van der Waals surface area contributed by atoms with Gasteiger partial charge in [0.25, 0.3) is 5.56 Å². The summed E-state index contributed by atoms with van der Waals surface area (Å²) >= 11 is 7.75. The van der Waals surface area contributed by atoms with E-state index >= 15 is 0 Å². The molecule has 1 aromatic heterocycles. The van der Waals surface area contributed by atoms with E-state index in [1.807, 2.05) is 30.3 Å². The minimum Gasteiger partial charge on any atom is -1.00 e. The average molecular weight is 530 g/mol. The largest absolute Gasteiger partial charge is 1.00 e. The van der Waals surface area contributed by atoms with Crippen molar-refractivity contribution in [3.8, 4) is 5.69 Å². The molecule has 0 saturated carbocycles. The van der Waals surface area contributed by atoms with Crippen molar-refractivity contribution >= 4 is 34.3 Å². The van der Waals surface area contributed by atoms with Crippen LogP contribution in [0.2, 0.25) is 5.02 Å². The van der Waals surface area contributed by atoms with Gasteiger partial charge in [-0.15, -0.1) is 0 Å². The van der Waals surface area contributed by atoms with Crippen molar-refractivity contribution in [2.45, 2.75) is 19.0 Å². The molecule has 0 fully saturated rings. The molecule has 0 aliphatic carbocycles. The fourth-order valence-electron chi connectivity index (χ4n) is 2.94. The van der Waals surface area contributed by atoms with Crippen molar-refractivity contribution in [3.63, 3.8) is 0 Å². The molecule has 0 saturated heterocycles. The zero-order chi connectivity index (χ0) is 19.4. The Bertz CT molecular complexity index is 990.